The van der Waals surface area contributed by atoms with Crippen LogP contribution in [0.5, 0.6) is 0 Å². The zero-order valence-corrected chi connectivity index (χ0v) is 18.4. The summed E-state index contributed by atoms with van der Waals surface area (Å²) in [5.41, 5.74) is 0. The Labute approximate surface area is 201 Å². The lowest BCUT2D eigenvalue weighted by molar-refractivity contribution is -0.141. The fourth-order valence-electron chi connectivity index (χ4n) is 2.61. The Morgan fingerprint density at radius 2 is 0.722 bits per heavy atom. The van der Waals surface area contributed by atoms with Crippen molar-refractivity contribution >= 4 is 53.7 Å². The molecule has 1 rings (SSSR count). The van der Waals surface area contributed by atoms with Gasteiger partial charge < -0.3 is 46.6 Å². The van der Waals surface area contributed by atoms with Crippen molar-refractivity contribution in [2.45, 2.75) is 56.7 Å². The number of nitrogens with zero attached hydrogens (tertiary/aromatic N) is 3. The van der Waals surface area contributed by atoms with Crippen LogP contribution < -0.4 is 16.0 Å². The van der Waals surface area contributed by atoms with Gasteiger partial charge in [0.2, 0.25) is 17.8 Å². The maximum absolute atomic E-state index is 11.5. The maximum atomic E-state index is 11.5. The van der Waals surface area contributed by atoms with E-state index in [9.17, 15) is 44.1 Å². The molecule has 18 nitrogen and oxygen atoms in total. The molecule has 0 bridgehead atoms. The van der Waals surface area contributed by atoms with E-state index in [0.29, 0.717) is 0 Å². The molecule has 0 fully saturated rings. The van der Waals surface area contributed by atoms with Crippen molar-refractivity contribution in [2.24, 2.45) is 0 Å². The maximum Gasteiger partial charge on any atom is 0.326 e. The molecular formula is C18H24N6O12. The molecule has 3 unspecified atom stereocenters. The number of aliphatic carboxylic acids is 6. The van der Waals surface area contributed by atoms with Crippen molar-refractivity contribution < 1.29 is 59.4 Å². The van der Waals surface area contributed by atoms with Crippen molar-refractivity contribution in [3.05, 3.63) is 0 Å². The number of carbonyl (C=O) groups is 6. The topological polar surface area (TPSA) is 299 Å². The molecule has 0 saturated carbocycles. The van der Waals surface area contributed by atoms with Gasteiger partial charge in [0.1, 0.15) is 18.1 Å². The molecular weight excluding hydrogens is 492 g/mol. The number of hydrogen-bond acceptors (Lipinski definition) is 12. The minimum Gasteiger partial charge on any atom is -0.481 e. The summed E-state index contributed by atoms with van der Waals surface area (Å²) in [4.78, 5) is 78.3. The van der Waals surface area contributed by atoms with Crippen molar-refractivity contribution in [1.29, 1.82) is 0 Å². The highest BCUT2D eigenvalue weighted by atomic mass is 16.4. The molecule has 18 heteroatoms. The fraction of sp³-hybridized carbons (Fsp3) is 0.500. The zero-order chi connectivity index (χ0) is 27.4. The van der Waals surface area contributed by atoms with E-state index in [1.807, 2.05) is 0 Å². The molecule has 9 N–H and O–H groups in total. The van der Waals surface area contributed by atoms with Gasteiger partial charge in [-0.2, -0.15) is 15.0 Å². The molecule has 198 valence electrons. The van der Waals surface area contributed by atoms with Crippen LogP contribution in [0.15, 0.2) is 0 Å². The van der Waals surface area contributed by atoms with E-state index in [4.69, 9.17) is 15.3 Å². The zero-order valence-electron chi connectivity index (χ0n) is 18.4. The van der Waals surface area contributed by atoms with Gasteiger partial charge in [0, 0.05) is 19.3 Å². The largest absolute Gasteiger partial charge is 0.481 e. The second kappa shape index (κ2) is 13.8. The molecule has 3 atom stereocenters. The lowest BCUT2D eigenvalue weighted by Gasteiger charge is -2.19. The van der Waals surface area contributed by atoms with E-state index >= 15 is 0 Å². The van der Waals surface area contributed by atoms with Crippen LogP contribution in [0, 0.1) is 0 Å². The Kier molecular flexibility index (Phi) is 11.2. The van der Waals surface area contributed by atoms with Crippen molar-refractivity contribution in [3.63, 3.8) is 0 Å². The molecule has 0 aliphatic carbocycles. The van der Waals surface area contributed by atoms with Crippen LogP contribution in [0.1, 0.15) is 38.5 Å². The van der Waals surface area contributed by atoms with Crippen molar-refractivity contribution in [3.8, 4) is 0 Å². The van der Waals surface area contributed by atoms with Crippen LogP contribution in [0.4, 0.5) is 17.8 Å². The highest BCUT2D eigenvalue weighted by Crippen LogP contribution is 2.16. The average Bonchev–Trinajstić information content (AvgIpc) is 2.75. The Morgan fingerprint density at radius 1 is 0.500 bits per heavy atom. The van der Waals surface area contributed by atoms with Gasteiger partial charge in [-0.3, -0.25) is 14.4 Å². The summed E-state index contributed by atoms with van der Waals surface area (Å²) < 4.78 is 0. The molecule has 0 amide bonds. The second-order valence-electron chi connectivity index (χ2n) is 7.21. The molecule has 0 aromatic carbocycles. The van der Waals surface area contributed by atoms with Crippen LogP contribution in [-0.2, 0) is 28.8 Å². The van der Waals surface area contributed by atoms with E-state index in [1.54, 1.807) is 0 Å². The predicted molar refractivity (Wildman–Crippen MR) is 116 cm³/mol. The number of hydrogen-bond donors (Lipinski definition) is 9. The van der Waals surface area contributed by atoms with Crippen LogP contribution in [0.3, 0.4) is 0 Å². The molecule has 36 heavy (non-hydrogen) atoms. The monoisotopic (exact) mass is 516 g/mol. The van der Waals surface area contributed by atoms with E-state index in [0.717, 1.165) is 0 Å². The SMILES string of the molecule is O=C(O)CCC(Nc1nc(NC(CCC(=O)O)C(=O)O)nc(NC(CCC(=O)O)C(=O)O)n1)C(=O)O. The first-order chi connectivity index (χ1) is 16.8. The number of rotatable bonds is 18. The van der Waals surface area contributed by atoms with Gasteiger partial charge >= 0.3 is 35.8 Å². The van der Waals surface area contributed by atoms with Gasteiger partial charge in [0.15, 0.2) is 0 Å². The smallest absolute Gasteiger partial charge is 0.326 e. The van der Waals surface area contributed by atoms with Crippen molar-refractivity contribution in [1.82, 2.24) is 15.0 Å². The molecule has 1 heterocycles. The highest BCUT2D eigenvalue weighted by molar-refractivity contribution is 5.80. The minimum absolute atomic E-state index is 0.408. The van der Waals surface area contributed by atoms with Crippen LogP contribution in [-0.4, -0.2) is 99.5 Å². The lowest BCUT2D eigenvalue weighted by atomic mass is 10.1. The molecule has 0 aliphatic heterocycles. The first kappa shape index (κ1) is 29.3. The standard InChI is InChI=1S/C18H24N6O12/c25-10(26)4-1-7(13(31)32)19-16-22-17(20-8(14(33)34)2-5-11(27)28)24-18(23-16)21-9(15(35)36)3-6-12(29)30/h7-9H,1-6H2,(H,25,26)(H,27,28)(H,29,30)(H,31,32)(H,33,34)(H,35,36)(H3,19,20,21,22,23,24). The summed E-state index contributed by atoms with van der Waals surface area (Å²) in [6, 6.07) is -4.56. The van der Waals surface area contributed by atoms with E-state index in [2.05, 4.69) is 30.9 Å². The first-order valence-electron chi connectivity index (χ1n) is 10.2. The van der Waals surface area contributed by atoms with E-state index < -0.39 is 110 Å². The van der Waals surface area contributed by atoms with Crippen LogP contribution >= 0.6 is 0 Å². The summed E-state index contributed by atoms with van der Waals surface area (Å²) in [5, 5.41) is 61.4. The third kappa shape index (κ3) is 10.9. The quantitative estimate of drug-likeness (QED) is 0.114. The van der Waals surface area contributed by atoms with Gasteiger partial charge in [-0.15, -0.1) is 0 Å². The normalized spacial score (nSPS) is 13.0. The second-order valence-corrected chi connectivity index (χ2v) is 7.21. The molecule has 0 saturated heterocycles. The molecule has 0 spiro atoms. The Bertz CT molecular complexity index is 867. The van der Waals surface area contributed by atoms with Gasteiger partial charge in [-0.05, 0) is 19.3 Å². The fourth-order valence-corrected chi connectivity index (χ4v) is 2.61. The number of carboxylic acids is 6. The van der Waals surface area contributed by atoms with E-state index in [1.165, 1.54) is 0 Å². The summed E-state index contributed by atoms with van der Waals surface area (Å²) in [7, 11) is 0. The Morgan fingerprint density at radius 3 is 0.889 bits per heavy atom. The van der Waals surface area contributed by atoms with Gasteiger partial charge in [0.05, 0.1) is 0 Å². The number of anilines is 3. The predicted octanol–water partition coefficient (Wildman–Crippen LogP) is -0.939. The highest BCUT2D eigenvalue weighted by Gasteiger charge is 2.25. The number of aromatic nitrogens is 3. The van der Waals surface area contributed by atoms with E-state index in [-0.39, 0.29) is 0 Å². The molecule has 0 radical (unpaired) electrons. The molecule has 1 aromatic rings. The molecule has 0 aliphatic rings. The number of carboxylic acid groups (broad SMARTS) is 6. The summed E-state index contributed by atoms with van der Waals surface area (Å²) in [6.07, 6.45) is -2.86. The lowest BCUT2D eigenvalue weighted by Crippen LogP contribution is -2.34. The van der Waals surface area contributed by atoms with Gasteiger partial charge in [0.25, 0.3) is 0 Å². The van der Waals surface area contributed by atoms with Crippen molar-refractivity contribution in [2.75, 3.05) is 16.0 Å². The molecule has 1 aromatic heterocycles. The average molecular weight is 516 g/mol. The van der Waals surface area contributed by atoms with Crippen LogP contribution in [0.25, 0.3) is 0 Å². The Balaban J connectivity index is 3.33. The summed E-state index contributed by atoms with van der Waals surface area (Å²) >= 11 is 0. The summed E-state index contributed by atoms with van der Waals surface area (Å²) in [5.74, 6) is -9.83. The number of nitrogens with one attached hydrogen (secondary N) is 3. The Hall–Kier alpha value is -4.77. The third-order valence-electron chi connectivity index (χ3n) is 4.38. The van der Waals surface area contributed by atoms with Gasteiger partial charge in [-0.25, -0.2) is 14.4 Å². The van der Waals surface area contributed by atoms with Gasteiger partial charge in [-0.1, -0.05) is 0 Å². The summed E-state index contributed by atoms with van der Waals surface area (Å²) in [6.45, 7) is 0. The first-order valence-corrected chi connectivity index (χ1v) is 10.2. The minimum atomic E-state index is -1.52. The third-order valence-corrected chi connectivity index (χ3v) is 4.38. The van der Waals surface area contributed by atoms with Crippen LogP contribution in [0.2, 0.25) is 0 Å².